The lowest BCUT2D eigenvalue weighted by Gasteiger charge is -2.14. The zero-order chi connectivity index (χ0) is 15.5. The van der Waals surface area contributed by atoms with Crippen LogP contribution < -0.4 is 15.8 Å². The molecule has 0 aliphatic carbocycles. The van der Waals surface area contributed by atoms with Crippen molar-refractivity contribution in [3.05, 3.63) is 5.82 Å². The highest BCUT2D eigenvalue weighted by Crippen LogP contribution is 2.26. The van der Waals surface area contributed by atoms with Crippen LogP contribution in [0.4, 0.5) is 11.5 Å². The summed E-state index contributed by atoms with van der Waals surface area (Å²) < 4.78 is 10.9. The number of nitrogens with zero attached hydrogens (tertiary/aromatic N) is 2. The third kappa shape index (κ3) is 6.16. The normalized spacial score (nSPS) is 10.6. The number of hydrogen-bond donors (Lipinski definition) is 2. The first-order chi connectivity index (χ1) is 10.2. The van der Waals surface area contributed by atoms with E-state index in [1.165, 1.54) is 0 Å². The van der Waals surface area contributed by atoms with E-state index in [2.05, 4.69) is 29.1 Å². The molecule has 3 N–H and O–H groups in total. The van der Waals surface area contributed by atoms with Crippen molar-refractivity contribution in [1.82, 2.24) is 9.97 Å². The van der Waals surface area contributed by atoms with Crippen LogP contribution in [-0.2, 0) is 11.2 Å². The van der Waals surface area contributed by atoms with E-state index in [4.69, 9.17) is 15.2 Å². The lowest BCUT2D eigenvalue weighted by Crippen LogP contribution is -2.13. The molecule has 0 aromatic carbocycles. The second kappa shape index (κ2) is 10.2. The first-order valence-electron chi connectivity index (χ1n) is 7.83. The molecule has 0 fully saturated rings. The summed E-state index contributed by atoms with van der Waals surface area (Å²) in [4.78, 5) is 8.88. The summed E-state index contributed by atoms with van der Waals surface area (Å²) in [5.41, 5.74) is 6.57. The van der Waals surface area contributed by atoms with Crippen molar-refractivity contribution in [1.29, 1.82) is 0 Å². The van der Waals surface area contributed by atoms with Gasteiger partial charge in [0.25, 0.3) is 0 Å². The molecule has 0 saturated heterocycles. The number of aryl methyl sites for hydroxylation is 1. The van der Waals surface area contributed by atoms with Gasteiger partial charge in [-0.05, 0) is 26.2 Å². The van der Waals surface area contributed by atoms with Gasteiger partial charge in [0.05, 0.1) is 6.61 Å². The van der Waals surface area contributed by atoms with Crippen molar-refractivity contribution in [3.8, 4) is 5.88 Å². The van der Waals surface area contributed by atoms with Crippen LogP contribution in [0.5, 0.6) is 5.88 Å². The van der Waals surface area contributed by atoms with Crippen LogP contribution in [0.15, 0.2) is 0 Å². The maximum atomic E-state index is 6.09. The number of ether oxygens (including phenoxy) is 2. The summed E-state index contributed by atoms with van der Waals surface area (Å²) in [6.07, 6.45) is 3.63. The number of nitrogens with one attached hydrogen (secondary N) is 1. The van der Waals surface area contributed by atoms with Crippen LogP contribution in [0.1, 0.15) is 45.9 Å². The van der Waals surface area contributed by atoms with Gasteiger partial charge in [0.1, 0.15) is 11.5 Å². The summed E-state index contributed by atoms with van der Waals surface area (Å²) in [6.45, 7) is 8.99. The molecule has 0 unspecified atom stereocenters. The van der Waals surface area contributed by atoms with Crippen LogP contribution in [0, 0.1) is 0 Å². The standard InChI is InChI=1S/C15H28N4O2/c1-4-8-12-18-14(17-9-7-11-20-6-3)13(16)15(19-12)21-10-5-2/h4-11,16H2,1-3H3,(H,17,18,19). The Hall–Kier alpha value is -1.56. The van der Waals surface area contributed by atoms with E-state index in [0.717, 1.165) is 51.3 Å². The largest absolute Gasteiger partial charge is 0.476 e. The highest BCUT2D eigenvalue weighted by molar-refractivity contribution is 5.66. The van der Waals surface area contributed by atoms with E-state index in [-0.39, 0.29) is 0 Å². The van der Waals surface area contributed by atoms with Gasteiger partial charge in [-0.2, -0.15) is 4.98 Å². The van der Waals surface area contributed by atoms with Gasteiger partial charge >= 0.3 is 0 Å². The fourth-order valence-corrected chi connectivity index (χ4v) is 1.80. The first-order valence-corrected chi connectivity index (χ1v) is 7.83. The summed E-state index contributed by atoms with van der Waals surface area (Å²) in [6, 6.07) is 0. The van der Waals surface area contributed by atoms with Gasteiger partial charge < -0.3 is 20.5 Å². The van der Waals surface area contributed by atoms with Crippen molar-refractivity contribution < 1.29 is 9.47 Å². The third-order valence-electron chi connectivity index (χ3n) is 2.84. The Bertz CT molecular complexity index is 413. The molecule has 21 heavy (non-hydrogen) atoms. The van der Waals surface area contributed by atoms with Gasteiger partial charge in [0, 0.05) is 26.2 Å². The molecular weight excluding hydrogens is 268 g/mol. The Morgan fingerprint density at radius 1 is 1.10 bits per heavy atom. The molecule has 120 valence electrons. The third-order valence-corrected chi connectivity index (χ3v) is 2.84. The van der Waals surface area contributed by atoms with Crippen LogP contribution in [0.3, 0.4) is 0 Å². The van der Waals surface area contributed by atoms with Gasteiger partial charge in [-0.25, -0.2) is 4.98 Å². The van der Waals surface area contributed by atoms with E-state index in [9.17, 15) is 0 Å². The molecule has 1 aromatic rings. The molecule has 0 aliphatic rings. The summed E-state index contributed by atoms with van der Waals surface area (Å²) in [7, 11) is 0. The minimum absolute atomic E-state index is 0.486. The van der Waals surface area contributed by atoms with Crippen LogP contribution in [0.25, 0.3) is 0 Å². The minimum atomic E-state index is 0.486. The van der Waals surface area contributed by atoms with E-state index in [1.807, 2.05) is 6.92 Å². The molecule has 0 spiro atoms. The summed E-state index contributed by atoms with van der Waals surface area (Å²) in [5, 5.41) is 3.25. The van der Waals surface area contributed by atoms with E-state index in [1.54, 1.807) is 0 Å². The zero-order valence-electron chi connectivity index (χ0n) is 13.4. The van der Waals surface area contributed by atoms with Crippen LogP contribution in [0.2, 0.25) is 0 Å². The molecule has 1 aromatic heterocycles. The second-order valence-corrected chi connectivity index (χ2v) is 4.78. The molecular formula is C15H28N4O2. The molecule has 0 aliphatic heterocycles. The Kier molecular flexibility index (Phi) is 8.50. The molecule has 6 nitrogen and oxygen atoms in total. The van der Waals surface area contributed by atoms with E-state index >= 15 is 0 Å². The number of hydrogen-bond acceptors (Lipinski definition) is 6. The van der Waals surface area contributed by atoms with Crippen molar-refractivity contribution in [2.45, 2.75) is 46.5 Å². The number of nitrogen functional groups attached to an aromatic ring is 1. The van der Waals surface area contributed by atoms with Gasteiger partial charge in [0.15, 0.2) is 5.82 Å². The number of nitrogens with two attached hydrogens (primary N) is 1. The Labute approximate surface area is 127 Å². The molecule has 1 heterocycles. The fourth-order valence-electron chi connectivity index (χ4n) is 1.80. The maximum Gasteiger partial charge on any atom is 0.242 e. The topological polar surface area (TPSA) is 82.3 Å². The lowest BCUT2D eigenvalue weighted by molar-refractivity contribution is 0.147. The molecule has 0 atom stereocenters. The van der Waals surface area contributed by atoms with Crippen molar-refractivity contribution in [2.24, 2.45) is 0 Å². The van der Waals surface area contributed by atoms with Gasteiger partial charge in [-0.1, -0.05) is 13.8 Å². The molecule has 0 amide bonds. The average molecular weight is 296 g/mol. The molecule has 6 heteroatoms. The number of anilines is 2. The SMILES string of the molecule is CCCOc1nc(CCC)nc(NCCCOCC)c1N. The lowest BCUT2D eigenvalue weighted by atomic mass is 10.3. The number of aromatic nitrogens is 2. The Balaban J connectivity index is 2.72. The first kappa shape index (κ1) is 17.5. The van der Waals surface area contributed by atoms with E-state index < -0.39 is 0 Å². The quantitative estimate of drug-likeness (QED) is 0.611. The predicted molar refractivity (Wildman–Crippen MR) is 85.8 cm³/mol. The molecule has 0 radical (unpaired) electrons. The number of rotatable bonds is 11. The summed E-state index contributed by atoms with van der Waals surface area (Å²) >= 11 is 0. The molecule has 0 bridgehead atoms. The van der Waals surface area contributed by atoms with Gasteiger partial charge in [-0.15, -0.1) is 0 Å². The zero-order valence-corrected chi connectivity index (χ0v) is 13.4. The average Bonchev–Trinajstić information content (AvgIpc) is 2.48. The van der Waals surface area contributed by atoms with E-state index in [0.29, 0.717) is 24.0 Å². The van der Waals surface area contributed by atoms with Crippen molar-refractivity contribution in [2.75, 3.05) is 37.4 Å². The van der Waals surface area contributed by atoms with Crippen molar-refractivity contribution in [3.63, 3.8) is 0 Å². The van der Waals surface area contributed by atoms with Crippen molar-refractivity contribution >= 4 is 11.5 Å². The van der Waals surface area contributed by atoms with Crippen LogP contribution >= 0.6 is 0 Å². The Morgan fingerprint density at radius 3 is 2.57 bits per heavy atom. The smallest absolute Gasteiger partial charge is 0.242 e. The van der Waals surface area contributed by atoms with Gasteiger partial charge in [-0.3, -0.25) is 0 Å². The highest BCUT2D eigenvalue weighted by Gasteiger charge is 2.12. The predicted octanol–water partition coefficient (Wildman–Crippen LogP) is 2.64. The highest BCUT2D eigenvalue weighted by atomic mass is 16.5. The molecule has 1 rings (SSSR count). The maximum absolute atomic E-state index is 6.09. The minimum Gasteiger partial charge on any atom is -0.476 e. The fraction of sp³-hybridized carbons (Fsp3) is 0.733. The molecule has 0 saturated carbocycles. The second-order valence-electron chi connectivity index (χ2n) is 4.78. The summed E-state index contributed by atoms with van der Waals surface area (Å²) in [5.74, 6) is 1.92. The van der Waals surface area contributed by atoms with Crippen LogP contribution in [-0.4, -0.2) is 36.3 Å². The Morgan fingerprint density at radius 2 is 1.90 bits per heavy atom. The monoisotopic (exact) mass is 296 g/mol. The van der Waals surface area contributed by atoms with Gasteiger partial charge in [0.2, 0.25) is 5.88 Å².